The van der Waals surface area contributed by atoms with Crippen LogP contribution in [0.3, 0.4) is 0 Å². The van der Waals surface area contributed by atoms with Gasteiger partial charge in [-0.3, -0.25) is 0 Å². The third-order valence-corrected chi connectivity index (χ3v) is 5.97. The van der Waals surface area contributed by atoms with Crippen molar-refractivity contribution in [2.24, 2.45) is 5.92 Å². The third kappa shape index (κ3) is 5.15. The minimum absolute atomic E-state index is 0.508. The minimum atomic E-state index is 0.508. The van der Waals surface area contributed by atoms with Crippen LogP contribution in [0, 0.1) is 5.92 Å². The second kappa shape index (κ2) is 9.57. The maximum absolute atomic E-state index is 6.46. The molecule has 150 valence electrons. The molecular weight excluding hydrogens is 372 g/mol. The van der Waals surface area contributed by atoms with Crippen LogP contribution in [0.15, 0.2) is 30.5 Å². The predicted molar refractivity (Wildman–Crippen MR) is 115 cm³/mol. The van der Waals surface area contributed by atoms with E-state index in [2.05, 4.69) is 15.6 Å². The van der Waals surface area contributed by atoms with Gasteiger partial charge in [0.25, 0.3) is 0 Å². The Hall–Kier alpha value is -1.85. The molecule has 0 radical (unpaired) electrons. The predicted octanol–water partition coefficient (Wildman–Crippen LogP) is 5.38. The number of nitrogens with one attached hydrogen (secondary N) is 2. The lowest BCUT2D eigenvalue weighted by Crippen LogP contribution is -2.24. The van der Waals surface area contributed by atoms with Crippen LogP contribution in [0.4, 0.5) is 11.6 Å². The fourth-order valence-corrected chi connectivity index (χ4v) is 4.27. The first-order valence-electron chi connectivity index (χ1n) is 10.5. The number of hydrogen-bond acceptors (Lipinski definition) is 5. The largest absolute Gasteiger partial charge is 0.381 e. The lowest BCUT2D eigenvalue weighted by molar-refractivity contribution is 0.0595. The lowest BCUT2D eigenvalue weighted by atomic mass is 9.95. The Morgan fingerprint density at radius 1 is 1.07 bits per heavy atom. The molecule has 2 fully saturated rings. The van der Waals surface area contributed by atoms with Crippen molar-refractivity contribution < 1.29 is 4.74 Å². The van der Waals surface area contributed by atoms with Crippen LogP contribution in [-0.2, 0) is 4.74 Å². The van der Waals surface area contributed by atoms with Crippen LogP contribution in [-0.4, -0.2) is 35.8 Å². The molecule has 2 aliphatic rings. The van der Waals surface area contributed by atoms with E-state index >= 15 is 0 Å². The zero-order valence-electron chi connectivity index (χ0n) is 16.3. The van der Waals surface area contributed by atoms with E-state index in [9.17, 15) is 0 Å². The van der Waals surface area contributed by atoms with Gasteiger partial charge in [-0.05, 0) is 49.8 Å². The van der Waals surface area contributed by atoms with E-state index in [0.717, 1.165) is 49.1 Å². The van der Waals surface area contributed by atoms with Crippen molar-refractivity contribution in [3.63, 3.8) is 0 Å². The molecule has 1 atom stereocenters. The third-order valence-electron chi connectivity index (χ3n) is 5.66. The number of nitrogens with zero attached hydrogens (tertiary/aromatic N) is 2. The number of ether oxygens (including phenoxy) is 1. The average Bonchev–Trinajstić information content (AvgIpc) is 2.75. The highest BCUT2D eigenvalue weighted by Gasteiger charge is 2.16. The van der Waals surface area contributed by atoms with Crippen LogP contribution in [0.2, 0.25) is 5.02 Å². The number of pyridine rings is 2. The summed E-state index contributed by atoms with van der Waals surface area (Å²) >= 11 is 6.46. The summed E-state index contributed by atoms with van der Waals surface area (Å²) in [5.41, 5.74) is 1.78. The molecule has 3 heterocycles. The first kappa shape index (κ1) is 19.5. The average molecular weight is 401 g/mol. The molecular formula is C22H29ClN4O. The molecule has 0 bridgehead atoms. The Balaban J connectivity index is 1.45. The second-order valence-corrected chi connectivity index (χ2v) is 8.31. The maximum atomic E-state index is 6.46. The highest BCUT2D eigenvalue weighted by molar-refractivity contribution is 6.33. The van der Waals surface area contributed by atoms with E-state index < -0.39 is 0 Å². The summed E-state index contributed by atoms with van der Waals surface area (Å²) in [6.07, 6.45) is 10.4. The Morgan fingerprint density at radius 3 is 2.79 bits per heavy atom. The fraction of sp³-hybridized carbons (Fsp3) is 0.545. The molecule has 0 spiro atoms. The first-order chi connectivity index (χ1) is 13.8. The number of halogens is 1. The molecule has 1 aliphatic heterocycles. The van der Waals surface area contributed by atoms with Gasteiger partial charge in [-0.2, -0.15) is 0 Å². The summed E-state index contributed by atoms with van der Waals surface area (Å²) in [6, 6.07) is 8.56. The number of anilines is 2. The normalized spacial score (nSPS) is 20.7. The molecule has 2 aromatic rings. The van der Waals surface area contributed by atoms with E-state index in [1.165, 1.54) is 38.5 Å². The Morgan fingerprint density at radius 2 is 1.96 bits per heavy atom. The topological polar surface area (TPSA) is 59.1 Å². The van der Waals surface area contributed by atoms with E-state index in [1.807, 2.05) is 24.3 Å². The second-order valence-electron chi connectivity index (χ2n) is 7.90. The van der Waals surface area contributed by atoms with Gasteiger partial charge in [0.05, 0.1) is 17.3 Å². The molecule has 1 unspecified atom stereocenters. The van der Waals surface area contributed by atoms with Gasteiger partial charge >= 0.3 is 0 Å². The first-order valence-corrected chi connectivity index (χ1v) is 10.9. The maximum Gasteiger partial charge on any atom is 0.126 e. The van der Waals surface area contributed by atoms with Crippen molar-refractivity contribution in [2.75, 3.05) is 30.4 Å². The molecule has 1 saturated carbocycles. The van der Waals surface area contributed by atoms with E-state index in [4.69, 9.17) is 21.3 Å². The molecule has 2 N–H and O–H groups in total. The van der Waals surface area contributed by atoms with Gasteiger partial charge in [0, 0.05) is 31.0 Å². The molecule has 28 heavy (non-hydrogen) atoms. The summed E-state index contributed by atoms with van der Waals surface area (Å²) in [7, 11) is 0. The van der Waals surface area contributed by atoms with E-state index in [1.54, 1.807) is 6.20 Å². The van der Waals surface area contributed by atoms with Gasteiger partial charge in [0.1, 0.15) is 11.6 Å². The monoisotopic (exact) mass is 400 g/mol. The minimum Gasteiger partial charge on any atom is -0.381 e. The summed E-state index contributed by atoms with van der Waals surface area (Å²) in [5, 5.41) is 7.66. The molecule has 2 aromatic heterocycles. The number of rotatable bonds is 6. The molecule has 5 nitrogen and oxygen atoms in total. The van der Waals surface area contributed by atoms with Gasteiger partial charge in [-0.25, -0.2) is 9.97 Å². The van der Waals surface area contributed by atoms with Crippen molar-refractivity contribution in [1.82, 2.24) is 9.97 Å². The highest BCUT2D eigenvalue weighted by atomic mass is 35.5. The Labute approximate surface area is 172 Å². The molecule has 1 saturated heterocycles. The van der Waals surface area contributed by atoms with Crippen molar-refractivity contribution in [1.29, 1.82) is 0 Å². The molecule has 4 rings (SSSR count). The Kier molecular flexibility index (Phi) is 6.65. The number of aromatic nitrogens is 2. The SMILES string of the molecule is Clc1cnc(NC2CCCCC2)cc1-c1cccc(NCC2CCCOC2)n1. The van der Waals surface area contributed by atoms with Gasteiger partial charge in [0.2, 0.25) is 0 Å². The molecule has 1 aliphatic carbocycles. The zero-order chi connectivity index (χ0) is 19.2. The van der Waals surface area contributed by atoms with E-state index in [0.29, 0.717) is 17.0 Å². The summed E-state index contributed by atoms with van der Waals surface area (Å²) in [4.78, 5) is 9.26. The summed E-state index contributed by atoms with van der Waals surface area (Å²) < 4.78 is 5.56. The summed E-state index contributed by atoms with van der Waals surface area (Å²) in [5.74, 6) is 2.30. The number of hydrogen-bond donors (Lipinski definition) is 2. The van der Waals surface area contributed by atoms with Crippen molar-refractivity contribution in [3.8, 4) is 11.3 Å². The fourth-order valence-electron chi connectivity index (χ4n) is 4.07. The van der Waals surface area contributed by atoms with Crippen molar-refractivity contribution >= 4 is 23.2 Å². The lowest BCUT2D eigenvalue weighted by Gasteiger charge is -2.23. The van der Waals surface area contributed by atoms with Gasteiger partial charge in [-0.15, -0.1) is 0 Å². The van der Waals surface area contributed by atoms with Crippen LogP contribution >= 0.6 is 11.6 Å². The molecule has 0 aromatic carbocycles. The van der Waals surface area contributed by atoms with Crippen LogP contribution in [0.5, 0.6) is 0 Å². The van der Waals surface area contributed by atoms with Gasteiger partial charge < -0.3 is 15.4 Å². The zero-order valence-corrected chi connectivity index (χ0v) is 17.0. The smallest absolute Gasteiger partial charge is 0.126 e. The molecule has 6 heteroatoms. The van der Waals surface area contributed by atoms with Crippen molar-refractivity contribution in [2.45, 2.75) is 51.0 Å². The summed E-state index contributed by atoms with van der Waals surface area (Å²) in [6.45, 7) is 2.61. The van der Waals surface area contributed by atoms with Crippen LogP contribution in [0.1, 0.15) is 44.9 Å². The highest BCUT2D eigenvalue weighted by Crippen LogP contribution is 2.30. The van der Waals surface area contributed by atoms with E-state index in [-0.39, 0.29) is 0 Å². The van der Waals surface area contributed by atoms with Gasteiger partial charge in [0.15, 0.2) is 0 Å². The van der Waals surface area contributed by atoms with Crippen molar-refractivity contribution in [3.05, 3.63) is 35.5 Å². The van der Waals surface area contributed by atoms with Crippen LogP contribution < -0.4 is 10.6 Å². The molecule has 0 amide bonds. The quantitative estimate of drug-likeness (QED) is 0.681. The van der Waals surface area contributed by atoms with Crippen LogP contribution in [0.25, 0.3) is 11.3 Å². The van der Waals surface area contributed by atoms with Gasteiger partial charge in [-0.1, -0.05) is 36.9 Å². The Bertz CT molecular complexity index is 773. The standard InChI is InChI=1S/C22H29ClN4O/c23-19-14-25-22(26-17-7-2-1-3-8-17)12-18(19)20-9-4-10-21(27-20)24-13-16-6-5-11-28-15-16/h4,9-10,12,14,16-17H,1-3,5-8,11,13,15H2,(H,24,27)(H,25,26).